The Morgan fingerprint density at radius 3 is 2.88 bits per heavy atom. The van der Waals surface area contributed by atoms with Crippen LogP contribution in [0.4, 0.5) is 5.82 Å². The van der Waals surface area contributed by atoms with Crippen LogP contribution in [0.3, 0.4) is 0 Å². The number of methoxy groups -OCH3 is 1. The predicted octanol–water partition coefficient (Wildman–Crippen LogP) is 2.81. The summed E-state index contributed by atoms with van der Waals surface area (Å²) >= 11 is 0. The summed E-state index contributed by atoms with van der Waals surface area (Å²) < 4.78 is 11.9. The molecule has 2 N–H and O–H groups in total. The second-order valence-electron chi connectivity index (χ2n) is 7.63. The SMILES string of the molecule is CCOC(=O)c1cnn(C)c1NC(=O)CN1CC=C(c2c[nH]c3ccc(OC)cc23)CC1. The number of amides is 1. The molecule has 0 fully saturated rings. The van der Waals surface area contributed by atoms with E-state index in [1.807, 2.05) is 24.4 Å². The van der Waals surface area contributed by atoms with Gasteiger partial charge in [0, 0.05) is 42.8 Å². The summed E-state index contributed by atoms with van der Waals surface area (Å²) in [5.41, 5.74) is 3.73. The van der Waals surface area contributed by atoms with Crippen LogP contribution in [0.5, 0.6) is 5.75 Å². The van der Waals surface area contributed by atoms with Crippen molar-refractivity contribution in [2.75, 3.05) is 38.7 Å². The Hall–Kier alpha value is -3.59. The van der Waals surface area contributed by atoms with Gasteiger partial charge in [-0.25, -0.2) is 4.79 Å². The highest BCUT2D eigenvalue weighted by Crippen LogP contribution is 2.31. The summed E-state index contributed by atoms with van der Waals surface area (Å²) in [4.78, 5) is 30.1. The van der Waals surface area contributed by atoms with Gasteiger partial charge in [0.2, 0.25) is 5.91 Å². The average Bonchev–Trinajstić information content (AvgIpc) is 3.37. The number of anilines is 1. The number of rotatable bonds is 7. The third-order valence-corrected chi connectivity index (χ3v) is 5.59. The van der Waals surface area contributed by atoms with Crippen molar-refractivity contribution in [2.45, 2.75) is 13.3 Å². The molecule has 0 unspecified atom stereocenters. The van der Waals surface area contributed by atoms with Crippen molar-refractivity contribution in [2.24, 2.45) is 7.05 Å². The van der Waals surface area contributed by atoms with Crippen molar-refractivity contribution in [1.82, 2.24) is 19.7 Å². The molecule has 3 aromatic rings. The van der Waals surface area contributed by atoms with E-state index in [1.54, 1.807) is 21.1 Å². The number of benzene rings is 1. The first kappa shape index (κ1) is 21.6. The van der Waals surface area contributed by atoms with E-state index >= 15 is 0 Å². The first-order valence-corrected chi connectivity index (χ1v) is 10.6. The number of esters is 1. The van der Waals surface area contributed by atoms with Crippen molar-refractivity contribution in [1.29, 1.82) is 0 Å². The first-order valence-electron chi connectivity index (χ1n) is 10.6. The summed E-state index contributed by atoms with van der Waals surface area (Å²) in [6.07, 6.45) is 6.42. The molecule has 3 heterocycles. The van der Waals surface area contributed by atoms with E-state index in [4.69, 9.17) is 9.47 Å². The molecule has 0 aliphatic carbocycles. The number of H-pyrrole nitrogens is 1. The monoisotopic (exact) mass is 437 g/mol. The van der Waals surface area contributed by atoms with Crippen molar-refractivity contribution in [3.05, 3.63) is 47.8 Å². The molecule has 0 atom stereocenters. The second kappa shape index (κ2) is 9.27. The van der Waals surface area contributed by atoms with E-state index in [0.29, 0.717) is 12.4 Å². The number of aromatic nitrogens is 3. The Kier molecular flexibility index (Phi) is 6.27. The fourth-order valence-electron chi connectivity index (χ4n) is 3.91. The van der Waals surface area contributed by atoms with Crippen LogP contribution < -0.4 is 10.1 Å². The minimum Gasteiger partial charge on any atom is -0.497 e. The number of carbonyl (C=O) groups excluding carboxylic acids is 2. The molecule has 9 heteroatoms. The summed E-state index contributed by atoms with van der Waals surface area (Å²) in [7, 11) is 3.34. The van der Waals surface area contributed by atoms with Crippen LogP contribution in [-0.4, -0.2) is 64.9 Å². The fraction of sp³-hybridized carbons (Fsp3) is 0.348. The molecule has 0 saturated carbocycles. The minimum absolute atomic E-state index is 0.201. The number of nitrogens with zero attached hydrogens (tertiary/aromatic N) is 3. The maximum absolute atomic E-state index is 12.6. The van der Waals surface area contributed by atoms with Crippen LogP contribution in [0.25, 0.3) is 16.5 Å². The molecule has 4 rings (SSSR count). The number of carbonyl (C=O) groups is 2. The summed E-state index contributed by atoms with van der Waals surface area (Å²) in [6.45, 7) is 3.63. The van der Waals surface area contributed by atoms with Gasteiger partial charge >= 0.3 is 5.97 Å². The van der Waals surface area contributed by atoms with E-state index in [0.717, 1.165) is 35.2 Å². The highest BCUT2D eigenvalue weighted by Gasteiger charge is 2.22. The summed E-state index contributed by atoms with van der Waals surface area (Å²) in [5.74, 6) is 0.462. The van der Waals surface area contributed by atoms with Gasteiger partial charge in [0.15, 0.2) is 0 Å². The number of fused-ring (bicyclic) bond motifs is 1. The van der Waals surface area contributed by atoms with E-state index in [1.165, 1.54) is 16.5 Å². The number of nitrogens with one attached hydrogen (secondary N) is 2. The molecule has 1 aliphatic rings. The van der Waals surface area contributed by atoms with Gasteiger partial charge < -0.3 is 19.8 Å². The second-order valence-corrected chi connectivity index (χ2v) is 7.63. The lowest BCUT2D eigenvalue weighted by Gasteiger charge is -2.25. The molecular formula is C23H27N5O4. The smallest absolute Gasteiger partial charge is 0.343 e. The molecule has 0 spiro atoms. The molecule has 1 aromatic carbocycles. The lowest BCUT2D eigenvalue weighted by atomic mass is 9.99. The lowest BCUT2D eigenvalue weighted by Crippen LogP contribution is -2.36. The van der Waals surface area contributed by atoms with E-state index in [9.17, 15) is 9.59 Å². The number of aryl methyl sites for hydroxylation is 1. The third-order valence-electron chi connectivity index (χ3n) is 5.59. The Bertz CT molecular complexity index is 1180. The van der Waals surface area contributed by atoms with Crippen molar-refractivity contribution < 1.29 is 19.1 Å². The van der Waals surface area contributed by atoms with Crippen LogP contribution in [0.2, 0.25) is 0 Å². The maximum atomic E-state index is 12.6. The molecule has 0 radical (unpaired) electrons. The highest BCUT2D eigenvalue weighted by molar-refractivity contribution is 6.00. The summed E-state index contributed by atoms with van der Waals surface area (Å²) in [5, 5.41) is 7.99. The Labute approximate surface area is 186 Å². The molecule has 9 nitrogen and oxygen atoms in total. The largest absolute Gasteiger partial charge is 0.497 e. The molecule has 1 amide bonds. The molecule has 32 heavy (non-hydrogen) atoms. The normalized spacial score (nSPS) is 14.3. The van der Waals surface area contributed by atoms with Gasteiger partial charge in [0.1, 0.15) is 17.1 Å². The maximum Gasteiger partial charge on any atom is 0.343 e. The lowest BCUT2D eigenvalue weighted by molar-refractivity contribution is -0.117. The standard InChI is InChI=1S/C23H27N5O4/c1-4-32-23(30)19-13-25-27(2)22(19)26-21(29)14-28-9-7-15(8-10-28)18-12-24-20-6-5-16(31-3)11-17(18)20/h5-7,11-13,24H,4,8-10,14H2,1-3H3,(H,26,29). The molecule has 1 aliphatic heterocycles. The van der Waals surface area contributed by atoms with Crippen LogP contribution in [0, 0.1) is 0 Å². The number of hydrogen-bond donors (Lipinski definition) is 2. The van der Waals surface area contributed by atoms with Crippen LogP contribution in [0.1, 0.15) is 29.3 Å². The zero-order chi connectivity index (χ0) is 22.7. The zero-order valence-corrected chi connectivity index (χ0v) is 18.5. The minimum atomic E-state index is -0.503. The quantitative estimate of drug-likeness (QED) is 0.551. The Morgan fingerprint density at radius 2 is 2.16 bits per heavy atom. The predicted molar refractivity (Wildman–Crippen MR) is 122 cm³/mol. The summed E-state index contributed by atoms with van der Waals surface area (Å²) in [6, 6.07) is 5.99. The van der Waals surface area contributed by atoms with Gasteiger partial charge in [-0.15, -0.1) is 0 Å². The molecule has 0 bridgehead atoms. The molecule has 2 aromatic heterocycles. The topological polar surface area (TPSA) is 101 Å². The van der Waals surface area contributed by atoms with E-state index < -0.39 is 5.97 Å². The van der Waals surface area contributed by atoms with Gasteiger partial charge in [0.25, 0.3) is 0 Å². The first-order chi connectivity index (χ1) is 15.5. The number of ether oxygens (including phenoxy) is 2. The van der Waals surface area contributed by atoms with E-state index in [2.05, 4.69) is 26.4 Å². The highest BCUT2D eigenvalue weighted by atomic mass is 16.5. The van der Waals surface area contributed by atoms with E-state index in [-0.39, 0.29) is 24.6 Å². The fourth-order valence-corrected chi connectivity index (χ4v) is 3.91. The van der Waals surface area contributed by atoms with Crippen molar-refractivity contribution >= 4 is 34.2 Å². The number of aromatic amines is 1. The van der Waals surface area contributed by atoms with Gasteiger partial charge in [-0.05, 0) is 37.1 Å². The van der Waals surface area contributed by atoms with Gasteiger partial charge in [-0.1, -0.05) is 6.08 Å². The average molecular weight is 438 g/mol. The zero-order valence-electron chi connectivity index (χ0n) is 18.5. The van der Waals surface area contributed by atoms with Crippen LogP contribution >= 0.6 is 0 Å². The Morgan fingerprint density at radius 1 is 1.31 bits per heavy atom. The van der Waals surface area contributed by atoms with Crippen molar-refractivity contribution in [3.63, 3.8) is 0 Å². The molecule has 0 saturated heterocycles. The van der Waals surface area contributed by atoms with Crippen LogP contribution in [-0.2, 0) is 16.6 Å². The number of hydrogen-bond acceptors (Lipinski definition) is 6. The van der Waals surface area contributed by atoms with Crippen molar-refractivity contribution in [3.8, 4) is 5.75 Å². The third kappa shape index (κ3) is 4.38. The van der Waals surface area contributed by atoms with Gasteiger partial charge in [-0.2, -0.15) is 5.10 Å². The van der Waals surface area contributed by atoms with Crippen LogP contribution in [0.15, 0.2) is 36.7 Å². The molecular weight excluding hydrogens is 410 g/mol. The van der Waals surface area contributed by atoms with Gasteiger partial charge in [0.05, 0.1) is 26.5 Å². The molecule has 168 valence electrons. The van der Waals surface area contributed by atoms with Gasteiger partial charge in [-0.3, -0.25) is 14.4 Å². The Balaban J connectivity index is 1.41.